The first-order valence-corrected chi connectivity index (χ1v) is 5.25. The molecule has 1 aliphatic heterocycles. The van der Waals surface area contributed by atoms with Gasteiger partial charge in [-0.15, -0.1) is 0 Å². The number of aromatic nitrogens is 1. The van der Waals surface area contributed by atoms with E-state index in [0.29, 0.717) is 31.9 Å². The highest BCUT2D eigenvalue weighted by Gasteiger charge is 2.26. The summed E-state index contributed by atoms with van der Waals surface area (Å²) in [7, 11) is 0. The van der Waals surface area contributed by atoms with Crippen LogP contribution in [0.15, 0.2) is 10.6 Å². The first-order valence-electron chi connectivity index (χ1n) is 5.25. The Morgan fingerprint density at radius 2 is 2.56 bits per heavy atom. The van der Waals surface area contributed by atoms with Gasteiger partial charge >= 0.3 is 0 Å². The van der Waals surface area contributed by atoms with Gasteiger partial charge in [0, 0.05) is 25.7 Å². The molecule has 1 saturated heterocycles. The van der Waals surface area contributed by atoms with Crippen molar-refractivity contribution in [2.45, 2.75) is 13.0 Å². The molecule has 1 aromatic heterocycles. The van der Waals surface area contributed by atoms with Crippen molar-refractivity contribution in [2.75, 3.05) is 26.2 Å². The van der Waals surface area contributed by atoms with Crippen LogP contribution < -0.4 is 5.73 Å². The second-order valence-corrected chi connectivity index (χ2v) is 3.81. The SMILES string of the molecule is Cc1cc(C(=O)N2CCOC(CN)C2)on1. The van der Waals surface area contributed by atoms with E-state index in [-0.39, 0.29) is 17.8 Å². The molecule has 0 bridgehead atoms. The predicted molar refractivity (Wildman–Crippen MR) is 55.9 cm³/mol. The summed E-state index contributed by atoms with van der Waals surface area (Å²) in [6, 6.07) is 1.63. The van der Waals surface area contributed by atoms with Gasteiger partial charge in [-0.05, 0) is 6.92 Å². The molecule has 1 fully saturated rings. The molecule has 6 heteroatoms. The molecule has 2 heterocycles. The maximum Gasteiger partial charge on any atom is 0.292 e. The summed E-state index contributed by atoms with van der Waals surface area (Å²) in [5, 5.41) is 3.69. The summed E-state index contributed by atoms with van der Waals surface area (Å²) in [5.41, 5.74) is 6.21. The fourth-order valence-corrected chi connectivity index (χ4v) is 1.67. The molecule has 1 unspecified atom stereocenters. The lowest BCUT2D eigenvalue weighted by molar-refractivity contribution is -0.0180. The minimum Gasteiger partial charge on any atom is -0.373 e. The molecule has 1 amide bonds. The summed E-state index contributed by atoms with van der Waals surface area (Å²) in [5.74, 6) is 0.123. The number of nitrogens with zero attached hydrogens (tertiary/aromatic N) is 2. The van der Waals surface area contributed by atoms with Gasteiger partial charge in [0.1, 0.15) is 0 Å². The Morgan fingerprint density at radius 3 is 3.19 bits per heavy atom. The van der Waals surface area contributed by atoms with Crippen LogP contribution in [0.5, 0.6) is 0 Å². The first-order chi connectivity index (χ1) is 7.70. The highest BCUT2D eigenvalue weighted by atomic mass is 16.5. The topological polar surface area (TPSA) is 81.6 Å². The lowest BCUT2D eigenvalue weighted by atomic mass is 10.2. The maximum atomic E-state index is 12.0. The van der Waals surface area contributed by atoms with E-state index in [9.17, 15) is 4.79 Å². The van der Waals surface area contributed by atoms with Crippen LogP contribution in [-0.4, -0.2) is 48.3 Å². The van der Waals surface area contributed by atoms with Crippen LogP contribution in [0.1, 0.15) is 16.2 Å². The summed E-state index contributed by atoms with van der Waals surface area (Å²) in [6.45, 7) is 3.78. The Morgan fingerprint density at radius 1 is 1.75 bits per heavy atom. The zero-order valence-corrected chi connectivity index (χ0v) is 9.18. The van der Waals surface area contributed by atoms with Crippen molar-refractivity contribution in [3.63, 3.8) is 0 Å². The van der Waals surface area contributed by atoms with E-state index < -0.39 is 0 Å². The average molecular weight is 225 g/mol. The lowest BCUT2D eigenvalue weighted by Gasteiger charge is -2.31. The Bertz CT molecular complexity index is 377. The van der Waals surface area contributed by atoms with Gasteiger partial charge < -0.3 is 19.9 Å². The number of carbonyl (C=O) groups is 1. The number of morpholine rings is 1. The van der Waals surface area contributed by atoms with Crippen molar-refractivity contribution >= 4 is 5.91 Å². The molecular formula is C10H15N3O3. The predicted octanol–water partition coefficient (Wildman–Crippen LogP) is -0.217. The van der Waals surface area contributed by atoms with E-state index in [2.05, 4.69) is 5.16 Å². The van der Waals surface area contributed by atoms with Crippen molar-refractivity contribution in [1.29, 1.82) is 0 Å². The van der Waals surface area contributed by atoms with Gasteiger partial charge in [0.25, 0.3) is 5.91 Å². The van der Waals surface area contributed by atoms with E-state index in [1.807, 2.05) is 0 Å². The molecule has 6 nitrogen and oxygen atoms in total. The zero-order valence-electron chi connectivity index (χ0n) is 9.18. The molecule has 16 heavy (non-hydrogen) atoms. The summed E-state index contributed by atoms with van der Waals surface area (Å²) in [4.78, 5) is 13.7. The maximum absolute atomic E-state index is 12.0. The van der Waals surface area contributed by atoms with Gasteiger partial charge in [0.15, 0.2) is 0 Å². The molecule has 0 radical (unpaired) electrons. The lowest BCUT2D eigenvalue weighted by Crippen LogP contribution is -2.48. The minimum atomic E-state index is -0.151. The van der Waals surface area contributed by atoms with Crippen molar-refractivity contribution < 1.29 is 14.1 Å². The van der Waals surface area contributed by atoms with Gasteiger partial charge in [-0.25, -0.2) is 0 Å². The number of amides is 1. The molecule has 0 aliphatic carbocycles. The van der Waals surface area contributed by atoms with Gasteiger partial charge in [-0.1, -0.05) is 5.16 Å². The van der Waals surface area contributed by atoms with Crippen molar-refractivity contribution in [3.05, 3.63) is 17.5 Å². The van der Waals surface area contributed by atoms with E-state index >= 15 is 0 Å². The molecule has 2 N–H and O–H groups in total. The van der Waals surface area contributed by atoms with Crippen LogP contribution in [0.25, 0.3) is 0 Å². The number of hydrogen-bond donors (Lipinski definition) is 1. The Kier molecular flexibility index (Phi) is 3.21. The normalized spacial score (nSPS) is 21.1. The molecule has 88 valence electrons. The van der Waals surface area contributed by atoms with Crippen LogP contribution in [-0.2, 0) is 4.74 Å². The molecule has 1 aromatic rings. The molecular weight excluding hydrogens is 210 g/mol. The fraction of sp³-hybridized carbons (Fsp3) is 0.600. The van der Waals surface area contributed by atoms with Crippen LogP contribution in [0.3, 0.4) is 0 Å². The number of ether oxygens (including phenoxy) is 1. The monoisotopic (exact) mass is 225 g/mol. The third-order valence-electron chi connectivity index (χ3n) is 2.53. The number of hydrogen-bond acceptors (Lipinski definition) is 5. The van der Waals surface area contributed by atoms with Crippen LogP contribution in [0.4, 0.5) is 0 Å². The van der Waals surface area contributed by atoms with Crippen molar-refractivity contribution in [3.8, 4) is 0 Å². The summed E-state index contributed by atoms with van der Waals surface area (Å²) in [6.07, 6.45) is -0.0817. The molecule has 2 rings (SSSR count). The molecule has 0 saturated carbocycles. The second-order valence-electron chi connectivity index (χ2n) is 3.81. The van der Waals surface area contributed by atoms with E-state index in [0.717, 1.165) is 0 Å². The number of carbonyl (C=O) groups excluding carboxylic acids is 1. The summed E-state index contributed by atoms with van der Waals surface area (Å²) < 4.78 is 10.3. The third-order valence-corrected chi connectivity index (χ3v) is 2.53. The Labute approximate surface area is 93.3 Å². The molecule has 0 aromatic carbocycles. The molecule has 0 spiro atoms. The average Bonchev–Trinajstić information content (AvgIpc) is 2.75. The number of rotatable bonds is 2. The highest BCUT2D eigenvalue weighted by molar-refractivity contribution is 5.91. The first kappa shape index (κ1) is 11.1. The fourth-order valence-electron chi connectivity index (χ4n) is 1.67. The highest BCUT2D eigenvalue weighted by Crippen LogP contribution is 2.11. The minimum absolute atomic E-state index is 0.0817. The van der Waals surface area contributed by atoms with Crippen LogP contribution in [0.2, 0.25) is 0 Å². The number of nitrogens with two attached hydrogens (primary N) is 1. The van der Waals surface area contributed by atoms with Gasteiger partial charge in [0.2, 0.25) is 5.76 Å². The second kappa shape index (κ2) is 4.63. The number of aryl methyl sites for hydroxylation is 1. The smallest absolute Gasteiger partial charge is 0.292 e. The van der Waals surface area contributed by atoms with Crippen molar-refractivity contribution in [2.24, 2.45) is 5.73 Å². The third kappa shape index (κ3) is 2.23. The van der Waals surface area contributed by atoms with Gasteiger partial charge in [-0.2, -0.15) is 0 Å². The molecule has 1 aliphatic rings. The van der Waals surface area contributed by atoms with Gasteiger partial charge in [0.05, 0.1) is 18.4 Å². The van der Waals surface area contributed by atoms with E-state index in [1.54, 1.807) is 17.9 Å². The standard InChI is InChI=1S/C10H15N3O3/c1-7-4-9(16-12-7)10(14)13-2-3-15-8(5-11)6-13/h4,8H,2-3,5-6,11H2,1H3. The Balaban J connectivity index is 2.04. The van der Waals surface area contributed by atoms with Crippen LogP contribution in [0, 0.1) is 6.92 Å². The summed E-state index contributed by atoms with van der Waals surface area (Å²) >= 11 is 0. The zero-order chi connectivity index (χ0) is 11.5. The van der Waals surface area contributed by atoms with Gasteiger partial charge in [-0.3, -0.25) is 4.79 Å². The largest absolute Gasteiger partial charge is 0.373 e. The molecule has 1 atom stereocenters. The van der Waals surface area contributed by atoms with Crippen LogP contribution >= 0.6 is 0 Å². The van der Waals surface area contributed by atoms with Crippen molar-refractivity contribution in [1.82, 2.24) is 10.1 Å². The van der Waals surface area contributed by atoms with E-state index in [4.69, 9.17) is 15.0 Å². The Hall–Kier alpha value is -1.40. The van der Waals surface area contributed by atoms with E-state index in [1.165, 1.54) is 0 Å². The quantitative estimate of drug-likeness (QED) is 0.752.